The molecule has 2 rings (SSSR count). The van der Waals surface area contributed by atoms with Gasteiger partial charge in [-0.15, -0.1) is 0 Å². The minimum Gasteiger partial charge on any atom is -0.394 e. The van der Waals surface area contributed by atoms with Crippen LogP contribution in [0.1, 0.15) is 86.0 Å². The third-order valence-corrected chi connectivity index (χ3v) is 11.0. The monoisotopic (exact) mass is 326 g/mol. The van der Waals surface area contributed by atoms with Gasteiger partial charge in [-0.25, -0.2) is 0 Å². The van der Waals surface area contributed by atoms with Gasteiger partial charge in [-0.2, -0.15) is 0 Å². The Morgan fingerprint density at radius 3 is 2.00 bits per heavy atom. The van der Waals surface area contributed by atoms with Crippen molar-refractivity contribution >= 4 is 8.56 Å². The van der Waals surface area contributed by atoms with Crippen molar-refractivity contribution in [3.05, 3.63) is 0 Å². The zero-order valence-corrected chi connectivity index (χ0v) is 16.6. The van der Waals surface area contributed by atoms with Gasteiger partial charge in [-0.3, -0.25) is 0 Å². The first-order chi connectivity index (χ1) is 10.4. The molecule has 0 bridgehead atoms. The lowest BCUT2D eigenvalue weighted by Crippen LogP contribution is -2.53. The van der Waals surface area contributed by atoms with E-state index in [9.17, 15) is 0 Å². The molecule has 0 aromatic heterocycles. The average Bonchev–Trinajstić information content (AvgIpc) is 2.47. The van der Waals surface area contributed by atoms with Gasteiger partial charge in [-0.1, -0.05) is 33.6 Å². The molecule has 2 aliphatic carbocycles. The molecule has 2 saturated carbocycles. The van der Waals surface area contributed by atoms with Crippen LogP contribution in [0, 0.1) is 11.3 Å². The van der Waals surface area contributed by atoms with Gasteiger partial charge >= 0.3 is 8.56 Å². The Bertz CT molecular complexity index is 326. The van der Waals surface area contributed by atoms with Crippen molar-refractivity contribution < 1.29 is 8.85 Å². The maximum Gasteiger partial charge on any atom is 0.344 e. The second-order valence-electron chi connectivity index (χ2n) is 8.49. The molecule has 0 aromatic carbocycles. The molecule has 0 amide bonds. The van der Waals surface area contributed by atoms with Gasteiger partial charge in [-0.05, 0) is 63.7 Å². The number of hydrogen-bond acceptors (Lipinski definition) is 2. The highest BCUT2D eigenvalue weighted by Crippen LogP contribution is 2.52. The van der Waals surface area contributed by atoms with Gasteiger partial charge in [0.2, 0.25) is 0 Å². The van der Waals surface area contributed by atoms with Crippen LogP contribution in [0.2, 0.25) is 11.1 Å². The zero-order valence-electron chi connectivity index (χ0n) is 15.6. The number of hydrogen-bond donors (Lipinski definition) is 0. The van der Waals surface area contributed by atoms with Gasteiger partial charge in [0.25, 0.3) is 0 Å². The highest BCUT2D eigenvalue weighted by atomic mass is 28.4. The summed E-state index contributed by atoms with van der Waals surface area (Å²) in [5.74, 6) is 0.853. The van der Waals surface area contributed by atoms with Crippen LogP contribution in [0.15, 0.2) is 0 Å². The predicted octanol–water partition coefficient (Wildman–Crippen LogP) is 6.05. The fourth-order valence-corrected chi connectivity index (χ4v) is 9.92. The van der Waals surface area contributed by atoms with Gasteiger partial charge in [0.1, 0.15) is 0 Å². The van der Waals surface area contributed by atoms with E-state index < -0.39 is 8.56 Å². The molecule has 130 valence electrons. The first-order valence-corrected chi connectivity index (χ1v) is 11.7. The van der Waals surface area contributed by atoms with Crippen molar-refractivity contribution in [2.24, 2.45) is 11.3 Å². The largest absolute Gasteiger partial charge is 0.394 e. The van der Waals surface area contributed by atoms with E-state index in [0.717, 1.165) is 30.2 Å². The Hall–Kier alpha value is 0.137. The highest BCUT2D eigenvalue weighted by molar-refractivity contribution is 6.70. The molecule has 2 unspecified atom stereocenters. The summed E-state index contributed by atoms with van der Waals surface area (Å²) in [4.78, 5) is 0. The lowest BCUT2D eigenvalue weighted by atomic mass is 9.77. The molecule has 22 heavy (non-hydrogen) atoms. The minimum absolute atomic E-state index is 0.523. The zero-order chi connectivity index (χ0) is 16.2. The van der Waals surface area contributed by atoms with Crippen molar-refractivity contribution in [1.82, 2.24) is 0 Å². The smallest absolute Gasteiger partial charge is 0.344 e. The summed E-state index contributed by atoms with van der Waals surface area (Å²) in [5, 5.41) is 0. The molecule has 0 saturated heterocycles. The second-order valence-corrected chi connectivity index (χ2v) is 12.1. The molecule has 2 atom stereocenters. The molecule has 0 spiro atoms. The van der Waals surface area contributed by atoms with E-state index in [0.29, 0.717) is 5.41 Å². The topological polar surface area (TPSA) is 18.5 Å². The molecule has 0 radical (unpaired) electrons. The van der Waals surface area contributed by atoms with Crippen molar-refractivity contribution in [3.63, 3.8) is 0 Å². The fraction of sp³-hybridized carbons (Fsp3) is 1.00. The van der Waals surface area contributed by atoms with Crippen LogP contribution >= 0.6 is 0 Å². The van der Waals surface area contributed by atoms with Crippen LogP contribution < -0.4 is 0 Å². The van der Waals surface area contributed by atoms with E-state index >= 15 is 0 Å². The van der Waals surface area contributed by atoms with E-state index in [4.69, 9.17) is 8.85 Å². The summed E-state index contributed by atoms with van der Waals surface area (Å²) in [6.45, 7) is 13.3. The molecule has 2 nitrogen and oxygen atoms in total. The average molecular weight is 327 g/mol. The van der Waals surface area contributed by atoms with E-state index in [1.165, 1.54) is 51.4 Å². The summed E-state index contributed by atoms with van der Waals surface area (Å²) < 4.78 is 13.2. The minimum atomic E-state index is -2.10. The Labute approximate surface area is 139 Å². The van der Waals surface area contributed by atoms with Gasteiger partial charge in [0.05, 0.1) is 0 Å². The maximum absolute atomic E-state index is 6.58. The summed E-state index contributed by atoms with van der Waals surface area (Å²) in [5.41, 5.74) is 1.97. The Morgan fingerprint density at radius 2 is 1.50 bits per heavy atom. The van der Waals surface area contributed by atoms with Gasteiger partial charge in [0.15, 0.2) is 0 Å². The van der Waals surface area contributed by atoms with Gasteiger partial charge < -0.3 is 8.85 Å². The first kappa shape index (κ1) is 18.5. The molecule has 2 fully saturated rings. The molecular formula is C19H38O2Si. The van der Waals surface area contributed by atoms with Crippen molar-refractivity contribution in [1.29, 1.82) is 0 Å². The van der Waals surface area contributed by atoms with E-state index in [1.807, 2.05) is 0 Å². The van der Waals surface area contributed by atoms with Crippen LogP contribution in [0.5, 0.6) is 0 Å². The number of rotatable bonds is 6. The Kier molecular flexibility index (Phi) is 6.55. The maximum atomic E-state index is 6.58. The van der Waals surface area contributed by atoms with Crippen molar-refractivity contribution in [2.45, 2.75) is 97.1 Å². The van der Waals surface area contributed by atoms with Crippen molar-refractivity contribution in [2.75, 3.05) is 13.2 Å². The van der Waals surface area contributed by atoms with Crippen LogP contribution in [0.3, 0.4) is 0 Å². The van der Waals surface area contributed by atoms with Crippen LogP contribution in [-0.2, 0) is 8.85 Å². The molecule has 2 aliphatic rings. The molecule has 3 heteroatoms. The SMILES string of the molecule is CCO[Si](OCC)(C1CCC(C)(C)CC1)C1CCCC(C)C1. The highest BCUT2D eigenvalue weighted by Gasteiger charge is 2.53. The molecule has 0 aromatic rings. The first-order valence-electron chi connectivity index (χ1n) is 9.71. The Balaban J connectivity index is 2.20. The fourth-order valence-electron chi connectivity index (χ4n) is 4.90. The quantitative estimate of drug-likeness (QED) is 0.553. The molecular weight excluding hydrogens is 288 g/mol. The summed E-state index contributed by atoms with van der Waals surface area (Å²) in [7, 11) is -2.10. The summed E-state index contributed by atoms with van der Waals surface area (Å²) in [6, 6.07) is 0. The predicted molar refractivity (Wildman–Crippen MR) is 96.4 cm³/mol. The van der Waals surface area contributed by atoms with Gasteiger partial charge in [0, 0.05) is 24.3 Å². The standard InChI is InChI=1S/C19H38O2Si/c1-6-20-22(21-7-2,18-10-8-9-16(3)15-18)17-11-13-19(4,5)14-12-17/h16-18H,6-15H2,1-5H3. The molecule has 0 heterocycles. The summed E-state index contributed by atoms with van der Waals surface area (Å²) >= 11 is 0. The third-order valence-electron chi connectivity index (χ3n) is 6.15. The lowest BCUT2D eigenvalue weighted by molar-refractivity contribution is 0.129. The molecule has 0 N–H and O–H groups in total. The second kappa shape index (κ2) is 7.81. The summed E-state index contributed by atoms with van der Waals surface area (Å²) in [6.07, 6.45) is 10.8. The van der Waals surface area contributed by atoms with Crippen LogP contribution in [0.25, 0.3) is 0 Å². The van der Waals surface area contributed by atoms with E-state index in [-0.39, 0.29) is 0 Å². The normalized spacial score (nSPS) is 30.4. The van der Waals surface area contributed by atoms with Crippen LogP contribution in [0.4, 0.5) is 0 Å². The van der Waals surface area contributed by atoms with E-state index in [2.05, 4.69) is 34.6 Å². The van der Waals surface area contributed by atoms with E-state index in [1.54, 1.807) is 0 Å². The Morgan fingerprint density at radius 1 is 0.909 bits per heavy atom. The third kappa shape index (κ3) is 4.15. The lowest BCUT2D eigenvalue weighted by Gasteiger charge is -2.48. The van der Waals surface area contributed by atoms with Crippen LogP contribution in [-0.4, -0.2) is 21.8 Å². The van der Waals surface area contributed by atoms with Crippen molar-refractivity contribution in [3.8, 4) is 0 Å². The molecule has 0 aliphatic heterocycles.